The first-order chi connectivity index (χ1) is 13.6. The van der Waals surface area contributed by atoms with Crippen LogP contribution in [0.2, 0.25) is 0 Å². The summed E-state index contributed by atoms with van der Waals surface area (Å²) in [6.45, 7) is 4.32. The average Bonchev–Trinajstić information content (AvgIpc) is 2.73. The molecule has 2 aromatic rings. The maximum atomic E-state index is 13.2. The Morgan fingerprint density at radius 1 is 0.964 bits per heavy atom. The van der Waals surface area contributed by atoms with Gasteiger partial charge in [0.1, 0.15) is 0 Å². The highest BCUT2D eigenvalue weighted by Gasteiger charge is 2.24. The van der Waals surface area contributed by atoms with Crippen molar-refractivity contribution in [2.45, 2.75) is 25.8 Å². The summed E-state index contributed by atoms with van der Waals surface area (Å²) in [5.41, 5.74) is 2.12. The zero-order chi connectivity index (χ0) is 19.8. The number of rotatable bonds is 8. The Morgan fingerprint density at radius 3 is 2.18 bits per heavy atom. The molecule has 28 heavy (non-hydrogen) atoms. The molecule has 0 N–H and O–H groups in total. The molecular formula is C24H33N3O. The van der Waals surface area contributed by atoms with Crippen molar-refractivity contribution in [1.82, 2.24) is 9.80 Å². The highest BCUT2D eigenvalue weighted by atomic mass is 16.2. The molecule has 150 valence electrons. The van der Waals surface area contributed by atoms with Gasteiger partial charge in [0.25, 0.3) is 0 Å². The molecule has 0 radical (unpaired) electrons. The molecular weight excluding hydrogens is 346 g/mol. The van der Waals surface area contributed by atoms with Gasteiger partial charge in [-0.3, -0.25) is 9.69 Å². The van der Waals surface area contributed by atoms with Crippen molar-refractivity contribution in [3.05, 3.63) is 66.2 Å². The van der Waals surface area contributed by atoms with Crippen LogP contribution in [0.3, 0.4) is 0 Å². The second-order valence-electron chi connectivity index (χ2n) is 8.11. The number of piperidine rings is 1. The van der Waals surface area contributed by atoms with Crippen molar-refractivity contribution in [2.24, 2.45) is 5.92 Å². The van der Waals surface area contributed by atoms with Gasteiger partial charge in [-0.15, -0.1) is 0 Å². The third-order valence-corrected chi connectivity index (χ3v) is 5.60. The van der Waals surface area contributed by atoms with E-state index in [4.69, 9.17) is 0 Å². The van der Waals surface area contributed by atoms with Crippen molar-refractivity contribution >= 4 is 11.6 Å². The first-order valence-electron chi connectivity index (χ1n) is 10.4. The van der Waals surface area contributed by atoms with E-state index >= 15 is 0 Å². The number of para-hydroxylation sites is 1. The van der Waals surface area contributed by atoms with Gasteiger partial charge in [-0.25, -0.2) is 0 Å². The first kappa shape index (κ1) is 20.6. The molecule has 0 aliphatic carbocycles. The van der Waals surface area contributed by atoms with Gasteiger partial charge in [0, 0.05) is 5.69 Å². The van der Waals surface area contributed by atoms with E-state index in [1.54, 1.807) is 0 Å². The lowest BCUT2D eigenvalue weighted by Gasteiger charge is -2.33. The van der Waals surface area contributed by atoms with Gasteiger partial charge in [-0.05, 0) is 76.6 Å². The number of likely N-dealkylation sites (tertiary alicyclic amines) is 1. The van der Waals surface area contributed by atoms with Crippen LogP contribution in [0.15, 0.2) is 60.7 Å². The number of hydrogen-bond donors (Lipinski definition) is 0. The lowest BCUT2D eigenvalue weighted by Crippen LogP contribution is -2.43. The SMILES string of the molecule is CN(C)CCC1CCN(CC(=O)N(Cc2ccccc2)c2ccccc2)CC1. The summed E-state index contributed by atoms with van der Waals surface area (Å²) >= 11 is 0. The van der Waals surface area contributed by atoms with Crippen molar-refractivity contribution < 1.29 is 4.79 Å². The fraction of sp³-hybridized carbons (Fsp3) is 0.458. The second kappa shape index (κ2) is 10.4. The van der Waals surface area contributed by atoms with E-state index in [1.165, 1.54) is 19.3 Å². The molecule has 0 saturated carbocycles. The van der Waals surface area contributed by atoms with Crippen LogP contribution in [-0.4, -0.2) is 56.0 Å². The van der Waals surface area contributed by atoms with E-state index in [2.05, 4.69) is 36.0 Å². The van der Waals surface area contributed by atoms with Crippen LogP contribution in [0.4, 0.5) is 5.69 Å². The number of benzene rings is 2. The molecule has 4 nitrogen and oxygen atoms in total. The number of carbonyl (C=O) groups is 1. The maximum Gasteiger partial charge on any atom is 0.241 e. The molecule has 0 spiro atoms. The summed E-state index contributed by atoms with van der Waals surface area (Å²) in [5, 5.41) is 0. The Labute approximate surface area is 169 Å². The summed E-state index contributed by atoms with van der Waals surface area (Å²) in [6.07, 6.45) is 3.66. The number of nitrogens with zero attached hydrogens (tertiary/aromatic N) is 3. The quantitative estimate of drug-likeness (QED) is 0.696. The highest BCUT2D eigenvalue weighted by Crippen LogP contribution is 2.22. The minimum absolute atomic E-state index is 0.182. The van der Waals surface area contributed by atoms with Crippen LogP contribution >= 0.6 is 0 Å². The average molecular weight is 380 g/mol. The van der Waals surface area contributed by atoms with Gasteiger partial charge in [0.2, 0.25) is 5.91 Å². The third-order valence-electron chi connectivity index (χ3n) is 5.60. The van der Waals surface area contributed by atoms with Crippen LogP contribution in [0.5, 0.6) is 0 Å². The zero-order valence-corrected chi connectivity index (χ0v) is 17.3. The summed E-state index contributed by atoms with van der Waals surface area (Å²) < 4.78 is 0. The highest BCUT2D eigenvalue weighted by molar-refractivity contribution is 5.94. The van der Waals surface area contributed by atoms with Crippen molar-refractivity contribution in [1.29, 1.82) is 0 Å². The van der Waals surface area contributed by atoms with Gasteiger partial charge < -0.3 is 9.80 Å². The summed E-state index contributed by atoms with van der Waals surface area (Å²) in [5.74, 6) is 0.977. The van der Waals surface area contributed by atoms with Gasteiger partial charge in [0.05, 0.1) is 13.1 Å². The smallest absolute Gasteiger partial charge is 0.241 e. The monoisotopic (exact) mass is 379 g/mol. The molecule has 1 aliphatic heterocycles. The van der Waals surface area contributed by atoms with Crippen LogP contribution in [0.1, 0.15) is 24.8 Å². The molecule has 0 unspecified atom stereocenters. The van der Waals surface area contributed by atoms with Gasteiger partial charge in [-0.2, -0.15) is 0 Å². The minimum Gasteiger partial charge on any atom is -0.309 e. The first-order valence-corrected chi connectivity index (χ1v) is 10.4. The molecule has 1 aliphatic rings. The molecule has 1 amide bonds. The minimum atomic E-state index is 0.182. The lowest BCUT2D eigenvalue weighted by molar-refractivity contribution is -0.120. The number of amides is 1. The van der Waals surface area contributed by atoms with Crippen molar-refractivity contribution in [2.75, 3.05) is 45.2 Å². The van der Waals surface area contributed by atoms with Gasteiger partial charge in [-0.1, -0.05) is 48.5 Å². The predicted octanol–water partition coefficient (Wildman–Crippen LogP) is 3.88. The van der Waals surface area contributed by atoms with E-state index < -0.39 is 0 Å². The number of hydrogen-bond acceptors (Lipinski definition) is 3. The Hall–Kier alpha value is -2.17. The Morgan fingerprint density at radius 2 is 1.57 bits per heavy atom. The van der Waals surface area contributed by atoms with Crippen LogP contribution in [-0.2, 0) is 11.3 Å². The molecule has 1 heterocycles. The van der Waals surface area contributed by atoms with E-state index in [9.17, 15) is 4.79 Å². The Bertz CT molecular complexity index is 709. The van der Waals surface area contributed by atoms with Gasteiger partial charge in [0.15, 0.2) is 0 Å². The normalized spacial score (nSPS) is 15.7. The van der Waals surface area contributed by atoms with E-state index in [0.29, 0.717) is 13.1 Å². The van der Waals surface area contributed by atoms with Crippen LogP contribution in [0, 0.1) is 5.92 Å². The maximum absolute atomic E-state index is 13.2. The lowest BCUT2D eigenvalue weighted by atomic mass is 9.93. The molecule has 1 saturated heterocycles. The summed E-state index contributed by atoms with van der Waals surface area (Å²) in [4.78, 5) is 19.7. The fourth-order valence-electron chi connectivity index (χ4n) is 3.85. The molecule has 4 heteroatoms. The van der Waals surface area contributed by atoms with Gasteiger partial charge >= 0.3 is 0 Å². The molecule has 0 atom stereocenters. The van der Waals surface area contributed by atoms with Crippen LogP contribution in [0.25, 0.3) is 0 Å². The molecule has 0 aromatic heterocycles. The Balaban J connectivity index is 1.59. The standard InChI is InChI=1S/C24H33N3O/c1-25(2)16-13-21-14-17-26(18-15-21)20-24(28)27(23-11-7-4-8-12-23)19-22-9-5-3-6-10-22/h3-12,21H,13-20H2,1-2H3. The molecule has 2 aromatic carbocycles. The van der Waals surface area contributed by atoms with E-state index in [-0.39, 0.29) is 5.91 Å². The van der Waals surface area contributed by atoms with Crippen molar-refractivity contribution in [3.8, 4) is 0 Å². The number of carbonyl (C=O) groups excluding carboxylic acids is 1. The molecule has 1 fully saturated rings. The topological polar surface area (TPSA) is 26.8 Å². The molecule has 0 bridgehead atoms. The van der Waals surface area contributed by atoms with Crippen LogP contribution < -0.4 is 4.90 Å². The summed E-state index contributed by atoms with van der Waals surface area (Å²) in [7, 11) is 4.28. The second-order valence-corrected chi connectivity index (χ2v) is 8.11. The summed E-state index contributed by atoms with van der Waals surface area (Å²) in [6, 6.07) is 20.3. The van der Waals surface area contributed by atoms with E-state index in [1.807, 2.05) is 53.4 Å². The Kier molecular flexibility index (Phi) is 7.63. The van der Waals surface area contributed by atoms with Crippen molar-refractivity contribution in [3.63, 3.8) is 0 Å². The van der Waals surface area contributed by atoms with E-state index in [0.717, 1.165) is 36.8 Å². The predicted molar refractivity (Wildman–Crippen MR) is 116 cm³/mol. The third kappa shape index (κ3) is 6.18. The largest absolute Gasteiger partial charge is 0.309 e. The fourth-order valence-corrected chi connectivity index (χ4v) is 3.85. The molecule has 3 rings (SSSR count). The number of anilines is 1. The zero-order valence-electron chi connectivity index (χ0n) is 17.3.